The van der Waals surface area contributed by atoms with Crippen LogP contribution in [0.4, 0.5) is 5.69 Å². The number of rotatable bonds is 5. The summed E-state index contributed by atoms with van der Waals surface area (Å²) in [5, 5.41) is 4.39. The first-order chi connectivity index (χ1) is 15.0. The Morgan fingerprint density at radius 1 is 0.968 bits per heavy atom. The van der Waals surface area contributed by atoms with Crippen molar-refractivity contribution in [3.05, 3.63) is 87.8 Å². The molecule has 1 fully saturated rings. The van der Waals surface area contributed by atoms with Crippen LogP contribution in [-0.4, -0.2) is 40.7 Å². The topological polar surface area (TPSA) is 58.4 Å². The van der Waals surface area contributed by atoms with Gasteiger partial charge in [0.25, 0.3) is 5.91 Å². The second kappa shape index (κ2) is 9.16. The zero-order valence-electron chi connectivity index (χ0n) is 18.1. The Bertz CT molecular complexity index is 1100. The Kier molecular flexibility index (Phi) is 6.16. The number of para-hydroxylation sites is 1. The normalized spacial score (nSPS) is 13.8. The van der Waals surface area contributed by atoms with Crippen LogP contribution in [0.5, 0.6) is 0 Å². The molecule has 1 aliphatic heterocycles. The first-order valence-electron chi connectivity index (χ1n) is 10.8. The average Bonchev–Trinajstić information content (AvgIpc) is 2.80. The van der Waals surface area contributed by atoms with Crippen molar-refractivity contribution in [2.45, 2.75) is 32.7 Å². The number of nitrogens with zero attached hydrogens (tertiary/aromatic N) is 4. The number of aryl methyl sites for hydroxylation is 1. The smallest absolute Gasteiger partial charge is 0.278 e. The van der Waals surface area contributed by atoms with Gasteiger partial charge in [-0.3, -0.25) is 9.59 Å². The highest BCUT2D eigenvalue weighted by Crippen LogP contribution is 2.20. The predicted octanol–water partition coefficient (Wildman–Crippen LogP) is 3.80. The third-order valence-electron chi connectivity index (χ3n) is 5.73. The summed E-state index contributed by atoms with van der Waals surface area (Å²) >= 11 is 0. The van der Waals surface area contributed by atoms with Gasteiger partial charge in [-0.05, 0) is 56.0 Å². The zero-order valence-corrected chi connectivity index (χ0v) is 18.1. The molecule has 0 spiro atoms. The molecular formula is C25H28N4O2. The molecule has 4 rings (SSSR count). The van der Waals surface area contributed by atoms with Gasteiger partial charge in [0, 0.05) is 44.1 Å². The van der Waals surface area contributed by atoms with Crippen LogP contribution < -0.4 is 10.3 Å². The highest BCUT2D eigenvalue weighted by atomic mass is 16.2. The lowest BCUT2D eigenvalue weighted by Gasteiger charge is -2.29. The van der Waals surface area contributed by atoms with Gasteiger partial charge in [0.2, 0.25) is 5.43 Å². The molecule has 3 aromatic rings. The Morgan fingerprint density at radius 3 is 2.32 bits per heavy atom. The number of benzene rings is 2. The van der Waals surface area contributed by atoms with E-state index in [2.05, 4.69) is 34.3 Å². The minimum Gasteiger partial charge on any atom is -0.372 e. The van der Waals surface area contributed by atoms with Crippen LogP contribution >= 0.6 is 0 Å². The predicted molar refractivity (Wildman–Crippen MR) is 123 cm³/mol. The summed E-state index contributed by atoms with van der Waals surface area (Å²) < 4.78 is 1.63. The van der Waals surface area contributed by atoms with E-state index in [-0.39, 0.29) is 17.0 Å². The Balaban J connectivity index is 1.51. The van der Waals surface area contributed by atoms with Crippen molar-refractivity contribution in [1.29, 1.82) is 0 Å². The van der Waals surface area contributed by atoms with E-state index < -0.39 is 0 Å². The van der Waals surface area contributed by atoms with Crippen LogP contribution in [0.2, 0.25) is 0 Å². The van der Waals surface area contributed by atoms with Crippen LogP contribution in [0.1, 0.15) is 41.0 Å². The van der Waals surface area contributed by atoms with Gasteiger partial charge in [0.05, 0.1) is 5.69 Å². The molecule has 1 aromatic heterocycles. The lowest BCUT2D eigenvalue weighted by atomic mass is 10.1. The monoisotopic (exact) mass is 416 g/mol. The maximum absolute atomic E-state index is 13.0. The van der Waals surface area contributed by atoms with E-state index in [0.29, 0.717) is 12.2 Å². The van der Waals surface area contributed by atoms with Gasteiger partial charge in [-0.15, -0.1) is 0 Å². The highest BCUT2D eigenvalue weighted by Gasteiger charge is 2.19. The number of amides is 1. The summed E-state index contributed by atoms with van der Waals surface area (Å²) in [5.41, 5.74) is 3.31. The number of carbonyl (C=O) groups excluding carboxylic acids is 1. The molecule has 6 heteroatoms. The number of hydrogen-bond acceptors (Lipinski definition) is 4. The molecule has 6 nitrogen and oxygen atoms in total. The molecule has 0 saturated carbocycles. The number of piperidine rings is 1. The van der Waals surface area contributed by atoms with E-state index in [1.165, 1.54) is 31.0 Å². The highest BCUT2D eigenvalue weighted by molar-refractivity contribution is 5.91. The van der Waals surface area contributed by atoms with E-state index in [4.69, 9.17) is 0 Å². The van der Waals surface area contributed by atoms with Crippen molar-refractivity contribution in [1.82, 2.24) is 14.7 Å². The van der Waals surface area contributed by atoms with Gasteiger partial charge in [-0.1, -0.05) is 30.3 Å². The molecule has 0 bridgehead atoms. The molecule has 1 saturated heterocycles. The van der Waals surface area contributed by atoms with E-state index in [9.17, 15) is 9.59 Å². The molecule has 0 unspecified atom stereocenters. The quantitative estimate of drug-likeness (QED) is 0.635. The van der Waals surface area contributed by atoms with Crippen LogP contribution in [0.15, 0.2) is 65.5 Å². The third-order valence-corrected chi connectivity index (χ3v) is 5.73. The van der Waals surface area contributed by atoms with Gasteiger partial charge >= 0.3 is 0 Å². The van der Waals surface area contributed by atoms with Crippen molar-refractivity contribution in [3.8, 4) is 5.69 Å². The van der Waals surface area contributed by atoms with E-state index in [1.54, 1.807) is 16.6 Å². The van der Waals surface area contributed by atoms with Gasteiger partial charge in [-0.25, -0.2) is 4.68 Å². The van der Waals surface area contributed by atoms with Gasteiger partial charge in [0.1, 0.15) is 0 Å². The van der Waals surface area contributed by atoms with Crippen molar-refractivity contribution in [3.63, 3.8) is 0 Å². The summed E-state index contributed by atoms with van der Waals surface area (Å²) in [6.45, 7) is 4.43. The average molecular weight is 417 g/mol. The maximum atomic E-state index is 13.0. The number of carbonyl (C=O) groups is 1. The lowest BCUT2D eigenvalue weighted by molar-refractivity contribution is 0.0776. The standard InChI is InChI=1S/C25H28N4O2/c1-19-17-23(30)24(26-29(19)22-9-5-3-6-10-22)25(31)27(2)18-20-11-13-21(14-12-20)28-15-7-4-8-16-28/h3,5-6,9-14,17H,4,7-8,15-16,18H2,1-2H3. The van der Waals surface area contributed by atoms with Crippen molar-refractivity contribution >= 4 is 11.6 Å². The van der Waals surface area contributed by atoms with Crippen LogP contribution in [0.3, 0.4) is 0 Å². The molecule has 31 heavy (non-hydrogen) atoms. The summed E-state index contributed by atoms with van der Waals surface area (Å²) in [6.07, 6.45) is 3.78. The van der Waals surface area contributed by atoms with Crippen molar-refractivity contribution < 1.29 is 4.79 Å². The molecule has 2 aromatic carbocycles. The largest absolute Gasteiger partial charge is 0.372 e. The summed E-state index contributed by atoms with van der Waals surface area (Å²) in [7, 11) is 1.70. The summed E-state index contributed by atoms with van der Waals surface area (Å²) in [4.78, 5) is 29.5. The maximum Gasteiger partial charge on any atom is 0.278 e. The molecular weight excluding hydrogens is 388 g/mol. The first kappa shape index (κ1) is 20.8. The van der Waals surface area contributed by atoms with Crippen molar-refractivity contribution in [2.24, 2.45) is 0 Å². The Hall–Kier alpha value is -3.41. The molecule has 0 aliphatic carbocycles. The molecule has 0 atom stereocenters. The van der Waals surface area contributed by atoms with Crippen molar-refractivity contribution in [2.75, 3.05) is 25.0 Å². The Labute approximate surface area is 182 Å². The molecule has 1 aliphatic rings. The Morgan fingerprint density at radius 2 is 1.65 bits per heavy atom. The van der Waals surface area contributed by atoms with Gasteiger partial charge in [-0.2, -0.15) is 5.10 Å². The molecule has 1 amide bonds. The van der Waals surface area contributed by atoms with Crippen LogP contribution in [0, 0.1) is 6.92 Å². The molecule has 0 N–H and O–H groups in total. The lowest BCUT2D eigenvalue weighted by Crippen LogP contribution is -2.33. The number of aromatic nitrogens is 2. The van der Waals surface area contributed by atoms with E-state index in [1.807, 2.05) is 37.3 Å². The molecule has 160 valence electrons. The first-order valence-corrected chi connectivity index (χ1v) is 10.8. The number of hydrogen-bond donors (Lipinski definition) is 0. The molecule has 0 radical (unpaired) electrons. The second-order valence-electron chi connectivity index (χ2n) is 8.12. The fourth-order valence-electron chi connectivity index (χ4n) is 4.02. The van der Waals surface area contributed by atoms with Gasteiger partial charge < -0.3 is 9.80 Å². The van der Waals surface area contributed by atoms with Crippen LogP contribution in [0.25, 0.3) is 5.69 Å². The zero-order chi connectivity index (χ0) is 21.8. The minimum absolute atomic E-state index is 0.0677. The number of anilines is 1. The minimum atomic E-state index is -0.380. The van der Waals surface area contributed by atoms with E-state index >= 15 is 0 Å². The SMILES string of the molecule is Cc1cc(=O)c(C(=O)N(C)Cc2ccc(N3CCCCC3)cc2)nn1-c1ccccc1. The molecule has 2 heterocycles. The third kappa shape index (κ3) is 4.68. The second-order valence-corrected chi connectivity index (χ2v) is 8.12. The fourth-order valence-corrected chi connectivity index (χ4v) is 4.02. The fraction of sp³-hybridized carbons (Fsp3) is 0.320. The summed E-state index contributed by atoms with van der Waals surface area (Å²) in [6, 6.07) is 19.3. The van der Waals surface area contributed by atoms with E-state index in [0.717, 1.165) is 24.3 Å². The van der Waals surface area contributed by atoms with Crippen LogP contribution in [-0.2, 0) is 6.54 Å². The van der Waals surface area contributed by atoms with Gasteiger partial charge in [0.15, 0.2) is 5.69 Å². The summed E-state index contributed by atoms with van der Waals surface area (Å²) in [5.74, 6) is -0.380.